The minimum absolute atomic E-state index is 0.0361. The molecular weight excluding hydrogens is 363 g/mol. The molecule has 0 spiro atoms. The summed E-state index contributed by atoms with van der Waals surface area (Å²) in [5.41, 5.74) is 1.98. The highest BCUT2D eigenvalue weighted by Crippen LogP contribution is 2.29. The number of ether oxygens (including phenoxy) is 3. The molecule has 0 radical (unpaired) electrons. The predicted octanol–water partition coefficient (Wildman–Crippen LogP) is 3.20. The van der Waals surface area contributed by atoms with Crippen LogP contribution < -0.4 is 14.8 Å². The van der Waals surface area contributed by atoms with Gasteiger partial charge in [0, 0.05) is 12.1 Å². The monoisotopic (exact) mass is 381 g/mol. The Morgan fingerprint density at radius 3 is 2.74 bits per heavy atom. The van der Waals surface area contributed by atoms with E-state index in [1.807, 2.05) is 0 Å². The summed E-state index contributed by atoms with van der Waals surface area (Å²) >= 11 is 0. The Kier molecular flexibility index (Phi) is 6.18. The fourth-order valence-corrected chi connectivity index (χ4v) is 2.82. The SMILES string of the molecule is O=C(Cc1ccc(OC(F)F)cc1)NCCc1cc(F)cc2c1OCOC2. The molecular formula is C19H18F3NO4. The van der Waals surface area contributed by atoms with E-state index in [4.69, 9.17) is 9.47 Å². The van der Waals surface area contributed by atoms with Gasteiger partial charge in [-0.2, -0.15) is 8.78 Å². The summed E-state index contributed by atoms with van der Waals surface area (Å²) in [5, 5.41) is 2.75. The second-order valence-electron chi connectivity index (χ2n) is 5.96. The van der Waals surface area contributed by atoms with Gasteiger partial charge in [0.15, 0.2) is 6.79 Å². The predicted molar refractivity (Wildman–Crippen MR) is 90.2 cm³/mol. The van der Waals surface area contributed by atoms with Crippen molar-refractivity contribution in [3.63, 3.8) is 0 Å². The number of amides is 1. The lowest BCUT2D eigenvalue weighted by molar-refractivity contribution is -0.120. The number of rotatable bonds is 7. The molecule has 0 aromatic heterocycles. The van der Waals surface area contributed by atoms with Gasteiger partial charge in [-0.05, 0) is 41.8 Å². The van der Waals surface area contributed by atoms with Gasteiger partial charge in [0.25, 0.3) is 0 Å². The van der Waals surface area contributed by atoms with E-state index in [-0.39, 0.29) is 37.3 Å². The van der Waals surface area contributed by atoms with Crippen LogP contribution in [0.5, 0.6) is 11.5 Å². The topological polar surface area (TPSA) is 56.8 Å². The zero-order chi connectivity index (χ0) is 19.2. The number of fused-ring (bicyclic) bond motifs is 1. The third kappa shape index (κ3) is 5.37. The van der Waals surface area contributed by atoms with Crippen LogP contribution in [0.3, 0.4) is 0 Å². The molecule has 0 saturated carbocycles. The third-order valence-corrected chi connectivity index (χ3v) is 3.98. The lowest BCUT2D eigenvalue weighted by atomic mass is 10.1. The molecule has 0 fully saturated rings. The fraction of sp³-hybridized carbons (Fsp3) is 0.316. The molecule has 0 saturated heterocycles. The Balaban J connectivity index is 1.51. The molecule has 8 heteroatoms. The van der Waals surface area contributed by atoms with Gasteiger partial charge in [0.05, 0.1) is 13.0 Å². The van der Waals surface area contributed by atoms with Crippen LogP contribution in [-0.4, -0.2) is 25.9 Å². The van der Waals surface area contributed by atoms with Crippen molar-refractivity contribution in [2.75, 3.05) is 13.3 Å². The van der Waals surface area contributed by atoms with Crippen molar-refractivity contribution in [2.45, 2.75) is 26.1 Å². The van der Waals surface area contributed by atoms with Crippen LogP contribution >= 0.6 is 0 Å². The minimum Gasteiger partial charge on any atom is -0.467 e. The lowest BCUT2D eigenvalue weighted by Gasteiger charge is -2.21. The second-order valence-corrected chi connectivity index (χ2v) is 5.96. The maximum atomic E-state index is 13.7. The first-order chi connectivity index (χ1) is 13.0. The van der Waals surface area contributed by atoms with E-state index < -0.39 is 6.61 Å². The Morgan fingerprint density at radius 1 is 1.22 bits per heavy atom. The molecule has 3 rings (SSSR count). The molecule has 1 N–H and O–H groups in total. The zero-order valence-electron chi connectivity index (χ0n) is 14.3. The molecule has 0 atom stereocenters. The first-order valence-corrected chi connectivity index (χ1v) is 8.33. The highest BCUT2D eigenvalue weighted by atomic mass is 19.3. The quantitative estimate of drug-likeness (QED) is 0.800. The Labute approximate surface area is 154 Å². The molecule has 2 aromatic carbocycles. The average molecular weight is 381 g/mol. The van der Waals surface area contributed by atoms with Gasteiger partial charge in [-0.3, -0.25) is 4.79 Å². The molecule has 1 heterocycles. The van der Waals surface area contributed by atoms with Crippen LogP contribution in [0.2, 0.25) is 0 Å². The smallest absolute Gasteiger partial charge is 0.387 e. The first-order valence-electron chi connectivity index (χ1n) is 8.33. The van der Waals surface area contributed by atoms with Crippen LogP contribution in [-0.2, 0) is 29.0 Å². The summed E-state index contributed by atoms with van der Waals surface area (Å²) in [5.74, 6) is 0.0304. The minimum atomic E-state index is -2.89. The van der Waals surface area contributed by atoms with Crippen LogP contribution in [0.1, 0.15) is 16.7 Å². The van der Waals surface area contributed by atoms with E-state index in [1.165, 1.54) is 24.3 Å². The van der Waals surface area contributed by atoms with Crippen molar-refractivity contribution >= 4 is 5.91 Å². The zero-order valence-corrected chi connectivity index (χ0v) is 14.3. The van der Waals surface area contributed by atoms with Crippen LogP contribution in [0, 0.1) is 5.82 Å². The summed E-state index contributed by atoms with van der Waals surface area (Å²) in [6, 6.07) is 8.62. The number of nitrogens with one attached hydrogen (secondary N) is 1. The van der Waals surface area contributed by atoms with E-state index in [0.29, 0.717) is 35.4 Å². The standard InChI is InChI=1S/C19H18F3NO4/c20-15-8-13(18-14(9-15)10-25-11-26-18)5-6-23-17(24)7-12-1-3-16(4-2-12)27-19(21)22/h1-4,8-9,19H,5-7,10-11H2,(H,23,24). The Morgan fingerprint density at radius 2 is 2.00 bits per heavy atom. The van der Waals surface area contributed by atoms with E-state index >= 15 is 0 Å². The van der Waals surface area contributed by atoms with Crippen molar-refractivity contribution in [1.29, 1.82) is 0 Å². The number of carbonyl (C=O) groups is 1. The van der Waals surface area contributed by atoms with E-state index in [2.05, 4.69) is 10.1 Å². The molecule has 1 aliphatic rings. The molecule has 5 nitrogen and oxygen atoms in total. The Hall–Kier alpha value is -2.74. The molecule has 27 heavy (non-hydrogen) atoms. The number of carbonyl (C=O) groups excluding carboxylic acids is 1. The average Bonchev–Trinajstić information content (AvgIpc) is 2.63. The fourth-order valence-electron chi connectivity index (χ4n) is 2.82. The van der Waals surface area contributed by atoms with E-state index in [0.717, 1.165) is 0 Å². The van der Waals surface area contributed by atoms with Crippen LogP contribution in [0.25, 0.3) is 0 Å². The molecule has 0 aliphatic carbocycles. The van der Waals surface area contributed by atoms with Gasteiger partial charge in [-0.15, -0.1) is 0 Å². The summed E-state index contributed by atoms with van der Waals surface area (Å²) in [7, 11) is 0. The molecule has 0 unspecified atom stereocenters. The maximum absolute atomic E-state index is 13.7. The summed E-state index contributed by atoms with van der Waals surface area (Å²) < 4.78 is 52.7. The van der Waals surface area contributed by atoms with Crippen molar-refractivity contribution in [2.24, 2.45) is 0 Å². The largest absolute Gasteiger partial charge is 0.467 e. The van der Waals surface area contributed by atoms with Gasteiger partial charge in [-0.1, -0.05) is 12.1 Å². The summed E-state index contributed by atoms with van der Waals surface area (Å²) in [6.45, 7) is -2.17. The van der Waals surface area contributed by atoms with Gasteiger partial charge >= 0.3 is 6.61 Å². The van der Waals surface area contributed by atoms with Gasteiger partial charge in [0.1, 0.15) is 17.3 Å². The van der Waals surface area contributed by atoms with Gasteiger partial charge in [0.2, 0.25) is 5.91 Å². The first kappa shape index (κ1) is 19.0. The van der Waals surface area contributed by atoms with Crippen molar-refractivity contribution in [3.8, 4) is 11.5 Å². The van der Waals surface area contributed by atoms with Crippen molar-refractivity contribution < 1.29 is 32.2 Å². The number of benzene rings is 2. The normalized spacial score (nSPS) is 13.0. The van der Waals surface area contributed by atoms with Gasteiger partial charge < -0.3 is 19.5 Å². The third-order valence-electron chi connectivity index (χ3n) is 3.98. The number of hydrogen-bond donors (Lipinski definition) is 1. The molecule has 0 bridgehead atoms. The number of halogens is 3. The second kappa shape index (κ2) is 8.77. The Bertz CT molecular complexity index is 796. The molecule has 1 aliphatic heterocycles. The molecule has 1 amide bonds. The number of hydrogen-bond acceptors (Lipinski definition) is 4. The highest BCUT2D eigenvalue weighted by Gasteiger charge is 2.17. The maximum Gasteiger partial charge on any atom is 0.387 e. The number of alkyl halides is 2. The lowest BCUT2D eigenvalue weighted by Crippen LogP contribution is -2.27. The van der Waals surface area contributed by atoms with Gasteiger partial charge in [-0.25, -0.2) is 4.39 Å². The van der Waals surface area contributed by atoms with Crippen molar-refractivity contribution in [3.05, 3.63) is 58.9 Å². The van der Waals surface area contributed by atoms with Crippen LogP contribution in [0.15, 0.2) is 36.4 Å². The summed E-state index contributed by atoms with van der Waals surface area (Å²) in [4.78, 5) is 12.0. The van der Waals surface area contributed by atoms with E-state index in [1.54, 1.807) is 12.1 Å². The van der Waals surface area contributed by atoms with E-state index in [9.17, 15) is 18.0 Å². The van der Waals surface area contributed by atoms with Crippen LogP contribution in [0.4, 0.5) is 13.2 Å². The highest BCUT2D eigenvalue weighted by molar-refractivity contribution is 5.78. The van der Waals surface area contributed by atoms with Crippen molar-refractivity contribution in [1.82, 2.24) is 5.32 Å². The summed E-state index contributed by atoms with van der Waals surface area (Å²) in [6.07, 6.45) is 0.507. The molecule has 144 valence electrons. The molecule has 2 aromatic rings.